The van der Waals surface area contributed by atoms with E-state index < -0.39 is 21.8 Å². The molecular weight excluding hydrogens is 417 g/mol. The van der Waals surface area contributed by atoms with E-state index in [1.54, 1.807) is 36.4 Å². The minimum absolute atomic E-state index is 0.0260. The molecule has 10 heteroatoms. The molecule has 0 unspecified atom stereocenters. The molecule has 0 radical (unpaired) electrons. The van der Waals surface area contributed by atoms with Gasteiger partial charge in [0.1, 0.15) is 0 Å². The Hall–Kier alpha value is -3.40. The average molecular weight is 432 g/mol. The molecular formula is C20H15F3N4O2S. The fourth-order valence-electron chi connectivity index (χ4n) is 3.16. The molecule has 154 valence electrons. The molecule has 30 heavy (non-hydrogen) atoms. The summed E-state index contributed by atoms with van der Waals surface area (Å²) in [6.45, 7) is 0. The second kappa shape index (κ2) is 7.13. The molecule has 2 aromatic carbocycles. The lowest BCUT2D eigenvalue weighted by molar-refractivity contribution is -0.136. The van der Waals surface area contributed by atoms with E-state index >= 15 is 0 Å². The fraction of sp³-hybridized carbons (Fsp3) is 0.100. The van der Waals surface area contributed by atoms with Gasteiger partial charge in [-0.2, -0.15) is 18.3 Å². The van der Waals surface area contributed by atoms with Crippen LogP contribution in [0.5, 0.6) is 0 Å². The minimum atomic E-state index is -4.65. The van der Waals surface area contributed by atoms with Gasteiger partial charge in [0.15, 0.2) is 5.65 Å². The van der Waals surface area contributed by atoms with Gasteiger partial charge in [-0.05, 0) is 18.2 Å². The van der Waals surface area contributed by atoms with Crippen molar-refractivity contribution in [3.8, 4) is 22.5 Å². The Morgan fingerprint density at radius 1 is 0.967 bits per heavy atom. The van der Waals surface area contributed by atoms with E-state index in [4.69, 9.17) is 0 Å². The molecule has 0 atom stereocenters. The number of rotatable bonds is 4. The van der Waals surface area contributed by atoms with Gasteiger partial charge in [0.2, 0.25) is 10.0 Å². The number of nitrogens with zero attached hydrogens (tertiary/aromatic N) is 2. The summed E-state index contributed by atoms with van der Waals surface area (Å²) in [6, 6.07) is 15.5. The van der Waals surface area contributed by atoms with E-state index in [0.29, 0.717) is 11.1 Å². The maximum absolute atomic E-state index is 13.9. The second-order valence-electron chi connectivity index (χ2n) is 6.67. The van der Waals surface area contributed by atoms with Crippen molar-refractivity contribution >= 4 is 26.7 Å². The highest BCUT2D eigenvalue weighted by atomic mass is 32.2. The monoisotopic (exact) mass is 432 g/mol. The average Bonchev–Trinajstić information content (AvgIpc) is 3.10. The molecule has 6 nitrogen and oxygen atoms in total. The van der Waals surface area contributed by atoms with Crippen molar-refractivity contribution in [3.05, 3.63) is 66.2 Å². The van der Waals surface area contributed by atoms with Crippen LogP contribution in [0.25, 0.3) is 33.5 Å². The summed E-state index contributed by atoms with van der Waals surface area (Å²) in [4.78, 5) is 4.28. The first-order valence-electron chi connectivity index (χ1n) is 8.72. The van der Waals surface area contributed by atoms with Gasteiger partial charge < -0.3 is 0 Å². The summed E-state index contributed by atoms with van der Waals surface area (Å²) in [5.74, 6) is 0. The van der Waals surface area contributed by atoms with Crippen molar-refractivity contribution in [3.63, 3.8) is 0 Å². The summed E-state index contributed by atoms with van der Waals surface area (Å²) >= 11 is 0. The maximum atomic E-state index is 13.9. The van der Waals surface area contributed by atoms with Crippen LogP contribution in [0.4, 0.5) is 18.9 Å². The van der Waals surface area contributed by atoms with Gasteiger partial charge in [-0.25, -0.2) is 13.4 Å². The van der Waals surface area contributed by atoms with E-state index in [-0.39, 0.29) is 28.1 Å². The van der Waals surface area contributed by atoms with Crippen LogP contribution in [-0.4, -0.2) is 29.9 Å². The molecule has 2 N–H and O–H groups in total. The Morgan fingerprint density at radius 3 is 2.33 bits per heavy atom. The number of benzene rings is 2. The van der Waals surface area contributed by atoms with E-state index in [2.05, 4.69) is 19.9 Å². The topological polar surface area (TPSA) is 87.7 Å². The first kappa shape index (κ1) is 19.9. The van der Waals surface area contributed by atoms with Crippen molar-refractivity contribution in [2.24, 2.45) is 0 Å². The van der Waals surface area contributed by atoms with Crippen molar-refractivity contribution in [2.45, 2.75) is 6.18 Å². The molecule has 0 saturated heterocycles. The molecule has 0 fully saturated rings. The third-order valence-electron chi connectivity index (χ3n) is 4.35. The lowest BCUT2D eigenvalue weighted by atomic mass is 10.0. The van der Waals surface area contributed by atoms with Gasteiger partial charge in [0.25, 0.3) is 0 Å². The van der Waals surface area contributed by atoms with Gasteiger partial charge in [0, 0.05) is 16.8 Å². The van der Waals surface area contributed by atoms with E-state index in [1.165, 1.54) is 18.2 Å². The van der Waals surface area contributed by atoms with Crippen LogP contribution < -0.4 is 4.72 Å². The number of H-pyrrole nitrogens is 1. The highest BCUT2D eigenvalue weighted by Gasteiger charge is 2.35. The molecule has 0 bridgehead atoms. The number of sulfonamides is 1. The quantitative estimate of drug-likeness (QED) is 0.490. The Bertz CT molecular complexity index is 1330. The molecule has 0 aliphatic heterocycles. The largest absolute Gasteiger partial charge is 0.417 e. The number of nitrogens with one attached hydrogen (secondary N) is 2. The number of aromatic amines is 1. The highest BCUT2D eigenvalue weighted by molar-refractivity contribution is 7.92. The van der Waals surface area contributed by atoms with Gasteiger partial charge in [-0.1, -0.05) is 42.5 Å². The molecule has 0 aliphatic rings. The molecule has 2 heterocycles. The number of aromatic nitrogens is 3. The Kier molecular flexibility index (Phi) is 4.73. The first-order valence-corrected chi connectivity index (χ1v) is 10.6. The molecule has 0 aliphatic carbocycles. The van der Waals surface area contributed by atoms with Crippen LogP contribution in [0.1, 0.15) is 5.56 Å². The smallest absolute Gasteiger partial charge is 0.284 e. The van der Waals surface area contributed by atoms with Crippen LogP contribution in [0.2, 0.25) is 0 Å². The number of pyridine rings is 1. The normalized spacial score (nSPS) is 12.3. The summed E-state index contributed by atoms with van der Waals surface area (Å²) in [6.07, 6.45) is -3.66. The number of anilines is 1. The van der Waals surface area contributed by atoms with Crippen LogP contribution in [0.15, 0.2) is 60.7 Å². The van der Waals surface area contributed by atoms with Crippen molar-refractivity contribution < 1.29 is 21.6 Å². The van der Waals surface area contributed by atoms with Crippen LogP contribution in [0, 0.1) is 0 Å². The Morgan fingerprint density at radius 2 is 1.67 bits per heavy atom. The summed E-state index contributed by atoms with van der Waals surface area (Å²) in [5, 5.41) is 6.53. The zero-order chi connectivity index (χ0) is 21.5. The minimum Gasteiger partial charge on any atom is -0.284 e. The first-order chi connectivity index (χ1) is 14.1. The van der Waals surface area contributed by atoms with Gasteiger partial charge in [0.05, 0.1) is 28.6 Å². The second-order valence-corrected chi connectivity index (χ2v) is 8.42. The molecule has 2 aromatic heterocycles. The molecule has 0 saturated carbocycles. The SMILES string of the molecule is CS(=O)(=O)Nc1cccc(-c2cc(C(F)(F)F)c3c(-c4ccccc4)[nH]nc3n2)c1. The lowest BCUT2D eigenvalue weighted by Crippen LogP contribution is -2.09. The number of hydrogen-bond acceptors (Lipinski definition) is 4. The van der Waals surface area contributed by atoms with Crippen LogP contribution in [-0.2, 0) is 16.2 Å². The maximum Gasteiger partial charge on any atom is 0.417 e. The fourth-order valence-corrected chi connectivity index (χ4v) is 3.72. The van der Waals surface area contributed by atoms with Crippen molar-refractivity contribution in [1.82, 2.24) is 15.2 Å². The van der Waals surface area contributed by atoms with Gasteiger partial charge in [-0.3, -0.25) is 9.82 Å². The summed E-state index contributed by atoms with van der Waals surface area (Å²) in [7, 11) is -3.54. The highest BCUT2D eigenvalue weighted by Crippen LogP contribution is 2.40. The number of hydrogen-bond donors (Lipinski definition) is 2. The van der Waals surface area contributed by atoms with E-state index in [0.717, 1.165) is 12.3 Å². The number of fused-ring (bicyclic) bond motifs is 1. The zero-order valence-corrected chi connectivity index (χ0v) is 16.3. The molecule has 4 rings (SSSR count). The van der Waals surface area contributed by atoms with Crippen molar-refractivity contribution in [1.29, 1.82) is 0 Å². The molecule has 4 aromatic rings. The summed E-state index contributed by atoms with van der Waals surface area (Å²) in [5.41, 5.74) is 0.386. The lowest BCUT2D eigenvalue weighted by Gasteiger charge is -2.12. The Labute approximate surface area is 169 Å². The van der Waals surface area contributed by atoms with Gasteiger partial charge >= 0.3 is 6.18 Å². The van der Waals surface area contributed by atoms with E-state index in [9.17, 15) is 21.6 Å². The molecule has 0 amide bonds. The molecule has 0 spiro atoms. The van der Waals surface area contributed by atoms with Gasteiger partial charge in [-0.15, -0.1) is 0 Å². The predicted molar refractivity (Wildman–Crippen MR) is 108 cm³/mol. The Balaban J connectivity index is 1.91. The van der Waals surface area contributed by atoms with Crippen molar-refractivity contribution in [2.75, 3.05) is 11.0 Å². The third-order valence-corrected chi connectivity index (χ3v) is 4.96. The zero-order valence-electron chi connectivity index (χ0n) is 15.5. The standard InChI is InChI=1S/C20H15F3N4O2S/c1-30(28,29)27-14-9-5-8-13(10-14)16-11-15(20(21,22)23)17-18(25-26-19(17)24-16)12-6-3-2-4-7-12/h2-11,27H,1H3,(H,24,25,26). The predicted octanol–water partition coefficient (Wildman–Crippen LogP) is 4.68. The number of halogens is 3. The van der Waals surface area contributed by atoms with Crippen LogP contribution in [0.3, 0.4) is 0 Å². The summed E-state index contributed by atoms with van der Waals surface area (Å²) < 4.78 is 67.0. The van der Waals surface area contributed by atoms with Crippen LogP contribution >= 0.6 is 0 Å². The third kappa shape index (κ3) is 3.99. The van der Waals surface area contributed by atoms with E-state index in [1.807, 2.05) is 0 Å². The number of alkyl halides is 3.